The van der Waals surface area contributed by atoms with Gasteiger partial charge in [-0.2, -0.15) is 0 Å². The molecule has 0 aromatic heterocycles. The molecule has 0 unspecified atom stereocenters. The van der Waals surface area contributed by atoms with Crippen LogP contribution < -0.4 is 9.47 Å². The molecule has 4 fully saturated rings. The highest BCUT2D eigenvalue weighted by atomic mass is 16.8. The summed E-state index contributed by atoms with van der Waals surface area (Å²) in [5, 5.41) is 142. The van der Waals surface area contributed by atoms with E-state index in [1.54, 1.807) is 6.07 Å². The van der Waals surface area contributed by atoms with Gasteiger partial charge in [-0.3, -0.25) is 0 Å². The summed E-state index contributed by atoms with van der Waals surface area (Å²) in [5.74, 6) is -8.05. The van der Waals surface area contributed by atoms with Crippen LogP contribution >= 0.6 is 0 Å². The fourth-order valence-electron chi connectivity index (χ4n) is 9.85. The van der Waals surface area contributed by atoms with Crippen LogP contribution in [0.15, 0.2) is 109 Å². The third-order valence-electron chi connectivity index (χ3n) is 14.7. The van der Waals surface area contributed by atoms with Gasteiger partial charge in [0.05, 0.1) is 39.6 Å². The molecular weight excluding hydrogens is 1200 g/mol. The van der Waals surface area contributed by atoms with Crippen LogP contribution in [0.25, 0.3) is 18.2 Å². The van der Waals surface area contributed by atoms with Crippen LogP contribution in [0.5, 0.6) is 28.7 Å². The summed E-state index contributed by atoms with van der Waals surface area (Å²) in [6.07, 6.45) is -32.0. The summed E-state index contributed by atoms with van der Waals surface area (Å²) in [7, 11) is 2.57. The number of benzene rings is 4. The average molecular weight is 1270 g/mol. The third-order valence-corrected chi connectivity index (χ3v) is 14.7. The standard InChI is InChI=1S/C60H68O30/c1-78-36-22-30(10-17-34(36)65)13-20-42(67)80-27-41-46(71)49(74)51(76)58(84-41)86-53-52(85-44(69)21-14-31-11-18-35(66)37(23-31)79-2)40(26-63)83-59(54(53)87-57-50(75)48(73)45(70)38(24-61)82-57)90-60(28-81-43(68)19-12-29-8-15-33(64)16-9-29)55(47(72)39(25-62)89-60)88-56(77)32-6-4-3-5-7-32/h3-23,38-41,45-55,57-59,61-66,70-76H,24-28H2,1-2H3/b19-12+,20-13+,21-14+/t38-,39-,40-,41-,45-,46-,47-,48+,49+,50-,51-,52-,53+,54-,55+,57+,58+,59-,60+/m1/s1. The van der Waals surface area contributed by atoms with Gasteiger partial charge in [0.1, 0.15) is 98.3 Å². The largest absolute Gasteiger partial charge is 0.508 e. The average Bonchev–Trinajstić information content (AvgIpc) is 1.46. The van der Waals surface area contributed by atoms with E-state index in [2.05, 4.69) is 0 Å². The second-order valence-electron chi connectivity index (χ2n) is 20.7. The van der Waals surface area contributed by atoms with Crippen LogP contribution in [-0.2, 0) is 66.5 Å². The van der Waals surface area contributed by atoms with Crippen molar-refractivity contribution in [2.75, 3.05) is 47.3 Å². The molecule has 4 aliphatic heterocycles. The van der Waals surface area contributed by atoms with Crippen molar-refractivity contribution in [1.29, 1.82) is 0 Å². The number of phenols is 3. The molecule has 8 rings (SSSR count). The fraction of sp³-hybridized carbons (Fsp3) is 0.433. The number of methoxy groups -OCH3 is 2. The molecule has 0 aliphatic carbocycles. The van der Waals surface area contributed by atoms with Crippen LogP contribution in [0.3, 0.4) is 0 Å². The van der Waals surface area contributed by atoms with Crippen molar-refractivity contribution in [3.05, 3.63) is 131 Å². The predicted molar refractivity (Wildman–Crippen MR) is 300 cm³/mol. The molecule has 0 bridgehead atoms. The highest BCUT2D eigenvalue weighted by Crippen LogP contribution is 2.42. The molecule has 488 valence electrons. The minimum Gasteiger partial charge on any atom is -0.508 e. The van der Waals surface area contributed by atoms with Gasteiger partial charge in [0.25, 0.3) is 0 Å². The molecule has 19 atom stereocenters. The number of carbonyl (C=O) groups excluding carboxylic acids is 4. The van der Waals surface area contributed by atoms with Gasteiger partial charge in [0.2, 0.25) is 5.79 Å². The van der Waals surface area contributed by atoms with Crippen molar-refractivity contribution in [2.45, 2.75) is 116 Å². The van der Waals surface area contributed by atoms with Gasteiger partial charge in [0, 0.05) is 18.2 Å². The van der Waals surface area contributed by atoms with Crippen molar-refractivity contribution in [2.24, 2.45) is 0 Å². The lowest BCUT2D eigenvalue weighted by atomic mass is 9.95. The van der Waals surface area contributed by atoms with Crippen LogP contribution in [0.4, 0.5) is 0 Å². The first-order valence-electron chi connectivity index (χ1n) is 27.7. The van der Waals surface area contributed by atoms with Crippen molar-refractivity contribution >= 4 is 42.1 Å². The second kappa shape index (κ2) is 30.9. The van der Waals surface area contributed by atoms with Gasteiger partial charge in [0.15, 0.2) is 54.1 Å². The van der Waals surface area contributed by atoms with E-state index in [1.807, 2.05) is 0 Å². The summed E-state index contributed by atoms with van der Waals surface area (Å²) in [5.41, 5.74) is 0.890. The number of carbonyl (C=O) groups is 4. The maximum Gasteiger partial charge on any atom is 0.338 e. The topological polar surface area (TPSA) is 451 Å². The van der Waals surface area contributed by atoms with E-state index in [4.69, 9.17) is 61.6 Å². The maximum absolute atomic E-state index is 14.1. The lowest BCUT2D eigenvalue weighted by Crippen LogP contribution is -2.69. The molecule has 4 heterocycles. The van der Waals surface area contributed by atoms with E-state index < -0.39 is 173 Å². The quantitative estimate of drug-likeness (QED) is 0.0206. The SMILES string of the molecule is COc1cc(/C=C/C(=O)OC[C@H]2O[C@@H](O[C@@H]3[C@@H](O[C@@H]4O[C@H](CO)[C@@H](O)[C@H](O)[C@H]4O)[C@@H](O[C@]4(COC(=O)/C=C/c5ccc(O)cc5)O[C@H](CO)[C@@H](O)[C@@H]4OC(=O)c4ccccc4)O[C@H](CO)[C@H]3OC(=O)/C=C/c3ccc(O)c(OC)c3)[C@H](O)[C@@H](O)[C@@H]2O)ccc1O. The van der Waals surface area contributed by atoms with Crippen LogP contribution in [0.2, 0.25) is 0 Å². The Morgan fingerprint density at radius 2 is 1.00 bits per heavy atom. The van der Waals surface area contributed by atoms with E-state index in [0.29, 0.717) is 11.1 Å². The third kappa shape index (κ3) is 16.2. The van der Waals surface area contributed by atoms with Crippen molar-refractivity contribution < 1.29 is 147 Å². The molecule has 0 amide bonds. The van der Waals surface area contributed by atoms with Gasteiger partial charge in [-0.15, -0.1) is 0 Å². The van der Waals surface area contributed by atoms with Gasteiger partial charge in [-0.25, -0.2) is 19.2 Å². The molecule has 0 saturated carbocycles. The Kier molecular flexibility index (Phi) is 23.4. The molecule has 4 aliphatic rings. The summed E-state index contributed by atoms with van der Waals surface area (Å²) in [4.78, 5) is 54.9. The predicted octanol–water partition coefficient (Wildman–Crippen LogP) is -1.96. The fourth-order valence-corrected chi connectivity index (χ4v) is 9.85. The van der Waals surface area contributed by atoms with Gasteiger partial charge >= 0.3 is 23.9 Å². The Labute approximate surface area is 511 Å². The van der Waals surface area contributed by atoms with Crippen LogP contribution in [0.1, 0.15) is 27.0 Å². The Balaban J connectivity index is 1.22. The number of rotatable bonds is 24. The zero-order chi connectivity index (χ0) is 65.0. The zero-order valence-corrected chi connectivity index (χ0v) is 47.8. The number of hydrogen-bond acceptors (Lipinski definition) is 30. The molecule has 0 spiro atoms. The highest BCUT2D eigenvalue weighted by molar-refractivity contribution is 5.90. The number of aromatic hydroxyl groups is 3. The van der Waals surface area contributed by atoms with E-state index in [-0.39, 0.29) is 39.9 Å². The Morgan fingerprint density at radius 3 is 1.57 bits per heavy atom. The second-order valence-corrected chi connectivity index (χ2v) is 20.7. The Hall–Kier alpha value is -7.70. The summed E-state index contributed by atoms with van der Waals surface area (Å²) in [6, 6.07) is 20.8. The van der Waals surface area contributed by atoms with Gasteiger partial charge < -0.3 is 128 Å². The summed E-state index contributed by atoms with van der Waals surface area (Å²) in [6.45, 7) is -5.42. The number of hydrogen-bond donors (Lipinski definition) is 13. The zero-order valence-electron chi connectivity index (χ0n) is 47.8. The molecule has 90 heavy (non-hydrogen) atoms. The van der Waals surface area contributed by atoms with E-state index in [1.165, 1.54) is 117 Å². The minimum absolute atomic E-state index is 0.00327. The Morgan fingerprint density at radius 1 is 0.500 bits per heavy atom. The maximum atomic E-state index is 14.1. The van der Waals surface area contributed by atoms with Crippen molar-refractivity contribution in [3.8, 4) is 28.7 Å². The normalized spacial score (nSPS) is 32.0. The summed E-state index contributed by atoms with van der Waals surface area (Å²) >= 11 is 0. The molecule has 13 N–H and O–H groups in total. The lowest BCUT2D eigenvalue weighted by Gasteiger charge is -2.50. The minimum atomic E-state index is -2.93. The monoisotopic (exact) mass is 1270 g/mol. The van der Waals surface area contributed by atoms with Crippen molar-refractivity contribution in [3.63, 3.8) is 0 Å². The van der Waals surface area contributed by atoms with E-state index >= 15 is 0 Å². The first-order valence-corrected chi connectivity index (χ1v) is 27.7. The molecule has 30 heteroatoms. The highest BCUT2D eigenvalue weighted by Gasteiger charge is 2.64. The number of esters is 4. The molecule has 4 aromatic rings. The number of phenolic OH excluding ortho intramolecular Hbond substituents is 3. The first-order chi connectivity index (χ1) is 43.1. The lowest BCUT2D eigenvalue weighted by molar-refractivity contribution is -0.421. The smallest absolute Gasteiger partial charge is 0.338 e. The number of aliphatic hydroxyl groups excluding tert-OH is 10. The molecule has 0 radical (unpaired) electrons. The van der Waals surface area contributed by atoms with Gasteiger partial charge in [-0.1, -0.05) is 42.5 Å². The molecule has 4 aromatic carbocycles. The summed E-state index contributed by atoms with van der Waals surface area (Å²) < 4.78 is 76.5. The first kappa shape index (κ1) is 68.2. The Bertz CT molecular complexity index is 3140. The molecule has 4 saturated heterocycles. The number of ether oxygens (including phenoxy) is 13. The van der Waals surface area contributed by atoms with E-state index in [9.17, 15) is 85.6 Å². The molecule has 30 nitrogen and oxygen atoms in total. The van der Waals surface area contributed by atoms with Gasteiger partial charge in [-0.05, 0) is 83.4 Å². The van der Waals surface area contributed by atoms with E-state index in [0.717, 1.165) is 18.2 Å². The van der Waals surface area contributed by atoms with Crippen LogP contribution in [0, 0.1) is 0 Å². The van der Waals surface area contributed by atoms with Crippen molar-refractivity contribution in [1.82, 2.24) is 0 Å². The van der Waals surface area contributed by atoms with Crippen LogP contribution in [-0.4, -0.2) is 254 Å². The molecular formula is C60H68O30. The number of aliphatic hydroxyl groups is 10.